The number of ether oxygens (including phenoxy) is 1. The van der Waals surface area contributed by atoms with E-state index in [2.05, 4.69) is 26.9 Å². The lowest BCUT2D eigenvalue weighted by atomic mass is 9.96. The van der Waals surface area contributed by atoms with Crippen LogP contribution in [0.2, 0.25) is 0 Å². The summed E-state index contributed by atoms with van der Waals surface area (Å²) in [6.07, 6.45) is 6.41. The number of aryl methyl sites for hydroxylation is 1. The highest BCUT2D eigenvalue weighted by Gasteiger charge is 2.31. The number of piperazine rings is 1. The number of rotatable bonds is 8. The van der Waals surface area contributed by atoms with Crippen LogP contribution in [0.25, 0.3) is 28.2 Å². The van der Waals surface area contributed by atoms with Crippen LogP contribution in [0, 0.1) is 0 Å². The van der Waals surface area contributed by atoms with Crippen molar-refractivity contribution in [3.63, 3.8) is 0 Å². The molecule has 0 bridgehead atoms. The van der Waals surface area contributed by atoms with E-state index in [9.17, 15) is 13.2 Å². The van der Waals surface area contributed by atoms with Crippen LogP contribution in [0.5, 0.6) is 5.88 Å². The zero-order chi connectivity index (χ0) is 28.7. The van der Waals surface area contributed by atoms with Gasteiger partial charge in [-0.1, -0.05) is 19.9 Å². The maximum absolute atomic E-state index is 13.7. The number of likely N-dealkylation sites (N-methyl/N-ethyl adjacent to an activating group) is 1. The number of aromatic nitrogens is 6. The molecule has 0 radical (unpaired) electrons. The molecule has 13 heteroatoms. The van der Waals surface area contributed by atoms with Crippen molar-refractivity contribution in [2.24, 2.45) is 7.05 Å². The van der Waals surface area contributed by atoms with Crippen molar-refractivity contribution in [2.45, 2.75) is 50.5 Å². The summed E-state index contributed by atoms with van der Waals surface area (Å²) in [6, 6.07) is 7.04. The van der Waals surface area contributed by atoms with E-state index < -0.39 is 10.0 Å². The molecule has 0 spiro atoms. The fourth-order valence-corrected chi connectivity index (χ4v) is 6.67. The van der Waals surface area contributed by atoms with Crippen LogP contribution in [0.1, 0.15) is 38.8 Å². The topological polar surface area (TPSA) is 128 Å². The molecular formula is C28H34N8O4S. The standard InChI is InChI=1S/C28H34N8O4S/c1-4-22-24-25(32-36(22)23-11-6-7-12-29-23)28(37)33(3)26(31-24)21-17-20(18-30-27(21)40-19-9-8-10-19)41(38,39)35-15-13-34(5-2)14-16-35/h6-7,11-12,17-19H,4-5,8-10,13-16H2,1-3H3. The first-order valence-electron chi connectivity index (χ1n) is 14.1. The van der Waals surface area contributed by atoms with E-state index in [-0.39, 0.29) is 33.8 Å². The largest absolute Gasteiger partial charge is 0.474 e. The van der Waals surface area contributed by atoms with Gasteiger partial charge in [0, 0.05) is 39.4 Å². The molecule has 5 heterocycles. The van der Waals surface area contributed by atoms with Gasteiger partial charge in [-0.2, -0.15) is 9.40 Å². The Morgan fingerprint density at radius 2 is 1.83 bits per heavy atom. The molecule has 2 fully saturated rings. The fourth-order valence-electron chi connectivity index (χ4n) is 5.28. The summed E-state index contributed by atoms with van der Waals surface area (Å²) < 4.78 is 38.1. The summed E-state index contributed by atoms with van der Waals surface area (Å²) in [4.78, 5) is 29.7. The molecule has 41 heavy (non-hydrogen) atoms. The molecule has 12 nitrogen and oxygen atoms in total. The van der Waals surface area contributed by atoms with Crippen LogP contribution in [0.3, 0.4) is 0 Å². The number of nitrogens with zero attached hydrogens (tertiary/aromatic N) is 8. The summed E-state index contributed by atoms with van der Waals surface area (Å²) in [5, 5.41) is 4.58. The number of hydrogen-bond acceptors (Lipinski definition) is 9. The second-order valence-corrected chi connectivity index (χ2v) is 12.4. The molecule has 0 amide bonds. The third-order valence-corrected chi connectivity index (χ3v) is 9.87. The predicted molar refractivity (Wildman–Crippen MR) is 154 cm³/mol. The number of sulfonamides is 1. The molecule has 2 aliphatic rings. The highest BCUT2D eigenvalue weighted by atomic mass is 32.2. The van der Waals surface area contributed by atoms with Crippen LogP contribution in [-0.4, -0.2) is 85.8 Å². The van der Waals surface area contributed by atoms with E-state index in [1.807, 2.05) is 25.1 Å². The Bertz CT molecular complexity index is 1740. The van der Waals surface area contributed by atoms with Gasteiger partial charge in [-0.25, -0.2) is 28.1 Å². The van der Waals surface area contributed by atoms with Gasteiger partial charge in [-0.3, -0.25) is 9.36 Å². The van der Waals surface area contributed by atoms with Gasteiger partial charge in [0.15, 0.2) is 11.3 Å². The van der Waals surface area contributed by atoms with E-state index in [4.69, 9.17) is 9.72 Å². The van der Waals surface area contributed by atoms with Gasteiger partial charge in [-0.05, 0) is 50.4 Å². The van der Waals surface area contributed by atoms with Crippen LogP contribution >= 0.6 is 0 Å². The lowest BCUT2D eigenvalue weighted by Gasteiger charge is -2.33. The number of pyridine rings is 2. The van der Waals surface area contributed by atoms with Crippen LogP contribution in [0.15, 0.2) is 46.3 Å². The molecular weight excluding hydrogens is 544 g/mol. The summed E-state index contributed by atoms with van der Waals surface area (Å²) >= 11 is 0. The molecule has 0 atom stereocenters. The first-order chi connectivity index (χ1) is 19.8. The Kier molecular flexibility index (Phi) is 7.34. The molecule has 1 aliphatic carbocycles. The van der Waals surface area contributed by atoms with Crippen molar-refractivity contribution >= 4 is 21.1 Å². The highest BCUT2D eigenvalue weighted by molar-refractivity contribution is 7.89. The lowest BCUT2D eigenvalue weighted by Crippen LogP contribution is -2.48. The second kappa shape index (κ2) is 11.0. The van der Waals surface area contributed by atoms with Crippen molar-refractivity contribution in [2.75, 3.05) is 32.7 Å². The van der Waals surface area contributed by atoms with Gasteiger partial charge in [0.1, 0.15) is 22.3 Å². The van der Waals surface area contributed by atoms with Crippen molar-refractivity contribution in [1.29, 1.82) is 0 Å². The smallest absolute Gasteiger partial charge is 0.281 e. The average Bonchev–Trinajstić information content (AvgIpc) is 3.36. The van der Waals surface area contributed by atoms with E-state index >= 15 is 0 Å². The van der Waals surface area contributed by atoms with Gasteiger partial charge in [0.25, 0.3) is 5.56 Å². The van der Waals surface area contributed by atoms with Crippen LogP contribution in [-0.2, 0) is 23.5 Å². The molecule has 216 valence electrons. The van der Waals surface area contributed by atoms with E-state index in [1.54, 1.807) is 24.0 Å². The molecule has 1 saturated carbocycles. The van der Waals surface area contributed by atoms with Crippen molar-refractivity contribution in [1.82, 2.24) is 38.5 Å². The first-order valence-corrected chi connectivity index (χ1v) is 15.6. The zero-order valence-corrected chi connectivity index (χ0v) is 24.3. The lowest BCUT2D eigenvalue weighted by molar-refractivity contribution is 0.115. The Morgan fingerprint density at radius 1 is 1.05 bits per heavy atom. The average molecular weight is 579 g/mol. The van der Waals surface area contributed by atoms with Crippen molar-refractivity contribution in [3.8, 4) is 23.1 Å². The van der Waals surface area contributed by atoms with E-state index in [0.29, 0.717) is 49.5 Å². The van der Waals surface area contributed by atoms with Gasteiger partial charge in [0.05, 0.1) is 17.5 Å². The summed E-state index contributed by atoms with van der Waals surface area (Å²) in [6.45, 7) is 7.07. The normalized spacial score (nSPS) is 17.1. The van der Waals surface area contributed by atoms with Crippen LogP contribution in [0.4, 0.5) is 0 Å². The third kappa shape index (κ3) is 4.91. The third-order valence-electron chi connectivity index (χ3n) is 8.01. The van der Waals surface area contributed by atoms with E-state index in [0.717, 1.165) is 31.5 Å². The molecule has 4 aromatic rings. The Labute approximate surface area is 238 Å². The Morgan fingerprint density at radius 3 is 2.46 bits per heavy atom. The summed E-state index contributed by atoms with van der Waals surface area (Å²) in [5.41, 5.74) is 1.39. The second-order valence-electron chi connectivity index (χ2n) is 10.4. The minimum absolute atomic E-state index is 0.00954. The maximum Gasteiger partial charge on any atom is 0.281 e. The Hall–Kier alpha value is -3.68. The van der Waals surface area contributed by atoms with Gasteiger partial charge in [0.2, 0.25) is 15.9 Å². The molecule has 1 saturated heterocycles. The zero-order valence-electron chi connectivity index (χ0n) is 23.5. The molecule has 0 N–H and O–H groups in total. The highest BCUT2D eigenvalue weighted by Crippen LogP contribution is 2.34. The van der Waals surface area contributed by atoms with Gasteiger partial charge < -0.3 is 9.64 Å². The molecule has 4 aromatic heterocycles. The maximum atomic E-state index is 13.7. The van der Waals surface area contributed by atoms with Crippen molar-refractivity contribution < 1.29 is 13.2 Å². The Balaban J connectivity index is 1.50. The summed E-state index contributed by atoms with van der Waals surface area (Å²) in [7, 11) is -2.22. The molecule has 0 unspecified atom stereocenters. The minimum atomic E-state index is -3.82. The van der Waals surface area contributed by atoms with E-state index in [1.165, 1.54) is 15.1 Å². The first kappa shape index (κ1) is 27.5. The number of fused-ring (bicyclic) bond motifs is 1. The van der Waals surface area contributed by atoms with Gasteiger partial charge >= 0.3 is 0 Å². The molecule has 0 aromatic carbocycles. The quantitative estimate of drug-likeness (QED) is 0.310. The number of hydrogen-bond donors (Lipinski definition) is 0. The van der Waals surface area contributed by atoms with Gasteiger partial charge in [-0.15, -0.1) is 0 Å². The fraction of sp³-hybridized carbons (Fsp3) is 0.464. The summed E-state index contributed by atoms with van der Waals surface area (Å²) in [5.74, 6) is 1.12. The molecule has 1 aliphatic heterocycles. The minimum Gasteiger partial charge on any atom is -0.474 e. The predicted octanol–water partition coefficient (Wildman–Crippen LogP) is 2.40. The van der Waals surface area contributed by atoms with Crippen LogP contribution < -0.4 is 10.3 Å². The van der Waals surface area contributed by atoms with Crippen molar-refractivity contribution in [3.05, 3.63) is 52.7 Å². The SMILES string of the molecule is CCc1c2nc(-c3cc(S(=O)(=O)N4CCN(CC)CC4)cnc3OC3CCC3)n(C)c(=O)c2nn1-c1ccccn1. The molecule has 6 rings (SSSR count). The monoisotopic (exact) mass is 578 g/mol.